The van der Waals surface area contributed by atoms with Gasteiger partial charge >= 0.3 is 0 Å². The lowest BCUT2D eigenvalue weighted by Gasteiger charge is -2.23. The number of hydrogen-bond donors (Lipinski definition) is 2. The Morgan fingerprint density at radius 3 is 2.53 bits per heavy atom. The minimum absolute atomic E-state index is 0.552. The third-order valence-corrected chi connectivity index (χ3v) is 3.59. The quantitative estimate of drug-likeness (QED) is 0.860. The summed E-state index contributed by atoms with van der Waals surface area (Å²) >= 11 is 0. The fourth-order valence-electron chi connectivity index (χ4n) is 2.17. The summed E-state index contributed by atoms with van der Waals surface area (Å²) in [7, 11) is -3.18. The van der Waals surface area contributed by atoms with Crippen molar-refractivity contribution in [1.29, 1.82) is 0 Å². The molecule has 1 aromatic rings. The largest absolute Gasteiger partial charge is 0.316 e. The van der Waals surface area contributed by atoms with Crippen molar-refractivity contribution in [1.82, 2.24) is 5.32 Å². The van der Waals surface area contributed by atoms with Crippen molar-refractivity contribution >= 4 is 15.7 Å². The fraction of sp³-hybridized carbons (Fsp3) is 0.500. The second-order valence-corrected chi connectivity index (χ2v) is 6.29. The van der Waals surface area contributed by atoms with E-state index in [1.54, 1.807) is 0 Å². The maximum Gasteiger partial charge on any atom is 0.229 e. The summed E-state index contributed by atoms with van der Waals surface area (Å²) in [5, 5.41) is 3.37. The molecule has 1 fully saturated rings. The van der Waals surface area contributed by atoms with E-state index < -0.39 is 10.0 Å². The van der Waals surface area contributed by atoms with E-state index >= 15 is 0 Å². The van der Waals surface area contributed by atoms with E-state index in [1.165, 1.54) is 18.4 Å². The van der Waals surface area contributed by atoms with Crippen LogP contribution in [0.2, 0.25) is 0 Å². The highest BCUT2D eigenvalue weighted by molar-refractivity contribution is 7.92. The Kier molecular flexibility index (Phi) is 3.69. The van der Waals surface area contributed by atoms with E-state index in [2.05, 4.69) is 10.0 Å². The highest BCUT2D eigenvalue weighted by Gasteiger charge is 2.14. The molecule has 2 rings (SSSR count). The molecular weight excluding hydrogens is 236 g/mol. The van der Waals surface area contributed by atoms with E-state index in [1.807, 2.05) is 24.3 Å². The van der Waals surface area contributed by atoms with Crippen molar-refractivity contribution in [2.45, 2.75) is 18.8 Å². The van der Waals surface area contributed by atoms with E-state index in [9.17, 15) is 8.42 Å². The predicted octanol–water partition coefficient (Wildman–Crippen LogP) is 1.53. The van der Waals surface area contributed by atoms with Gasteiger partial charge in [0.2, 0.25) is 10.0 Å². The van der Waals surface area contributed by atoms with Gasteiger partial charge in [0, 0.05) is 12.2 Å². The van der Waals surface area contributed by atoms with Gasteiger partial charge in [-0.3, -0.25) is 4.72 Å². The average Bonchev–Trinajstić information content (AvgIpc) is 2.29. The van der Waals surface area contributed by atoms with Gasteiger partial charge < -0.3 is 5.32 Å². The monoisotopic (exact) mass is 254 g/mol. The molecule has 0 spiro atoms. The van der Waals surface area contributed by atoms with Gasteiger partial charge in [-0.2, -0.15) is 0 Å². The molecule has 0 aliphatic carbocycles. The molecule has 0 amide bonds. The highest BCUT2D eigenvalue weighted by Crippen LogP contribution is 2.24. The first-order valence-corrected chi connectivity index (χ1v) is 7.72. The number of sulfonamides is 1. The van der Waals surface area contributed by atoms with Crippen molar-refractivity contribution < 1.29 is 8.42 Å². The predicted molar refractivity (Wildman–Crippen MR) is 69.8 cm³/mol. The molecule has 0 aromatic heterocycles. The molecule has 94 valence electrons. The van der Waals surface area contributed by atoms with Crippen LogP contribution in [-0.2, 0) is 10.0 Å². The summed E-state index contributed by atoms with van der Waals surface area (Å²) in [6.45, 7) is 2.11. The van der Waals surface area contributed by atoms with Crippen LogP contribution in [0.15, 0.2) is 24.3 Å². The summed E-state index contributed by atoms with van der Waals surface area (Å²) in [6, 6.07) is 7.66. The van der Waals surface area contributed by atoms with Crippen LogP contribution in [0, 0.1) is 0 Å². The lowest BCUT2D eigenvalue weighted by molar-refractivity contribution is 0.461. The first-order valence-electron chi connectivity index (χ1n) is 5.83. The smallest absolute Gasteiger partial charge is 0.229 e. The van der Waals surface area contributed by atoms with Gasteiger partial charge in [-0.25, -0.2) is 8.42 Å². The molecule has 0 bridgehead atoms. The molecule has 1 aliphatic heterocycles. The van der Waals surface area contributed by atoms with Crippen LogP contribution in [0.5, 0.6) is 0 Å². The summed E-state index contributed by atoms with van der Waals surface area (Å²) in [4.78, 5) is 0. The van der Waals surface area contributed by atoms with Crippen molar-refractivity contribution in [3.63, 3.8) is 0 Å². The topological polar surface area (TPSA) is 58.2 Å². The number of nitrogens with one attached hydrogen (secondary N) is 2. The van der Waals surface area contributed by atoms with Gasteiger partial charge in [0.1, 0.15) is 0 Å². The Labute approximate surface area is 102 Å². The Bertz CT molecular complexity index is 462. The summed E-state index contributed by atoms with van der Waals surface area (Å²) < 4.78 is 24.6. The summed E-state index contributed by atoms with van der Waals surface area (Å²) in [6.07, 6.45) is 3.56. The van der Waals surface area contributed by atoms with Gasteiger partial charge in [0.15, 0.2) is 0 Å². The first kappa shape index (κ1) is 12.4. The van der Waals surface area contributed by atoms with Crippen molar-refractivity contribution in [2.75, 3.05) is 24.1 Å². The Morgan fingerprint density at radius 1 is 1.29 bits per heavy atom. The van der Waals surface area contributed by atoms with Gasteiger partial charge in [-0.15, -0.1) is 0 Å². The van der Waals surface area contributed by atoms with Crippen molar-refractivity contribution in [3.05, 3.63) is 29.8 Å². The number of anilines is 1. The molecule has 4 nitrogen and oxygen atoms in total. The maximum atomic E-state index is 11.1. The molecule has 1 heterocycles. The van der Waals surface area contributed by atoms with Crippen LogP contribution in [-0.4, -0.2) is 27.8 Å². The first-order chi connectivity index (χ1) is 8.04. The zero-order valence-corrected chi connectivity index (χ0v) is 10.8. The molecule has 1 atom stereocenters. The third-order valence-electron chi connectivity index (χ3n) is 2.98. The van der Waals surface area contributed by atoms with E-state index in [0.717, 1.165) is 19.3 Å². The van der Waals surface area contributed by atoms with Crippen LogP contribution in [0.3, 0.4) is 0 Å². The van der Waals surface area contributed by atoms with Crippen molar-refractivity contribution in [2.24, 2.45) is 0 Å². The average molecular weight is 254 g/mol. The second kappa shape index (κ2) is 5.06. The normalized spacial score (nSPS) is 21.1. The molecule has 2 N–H and O–H groups in total. The van der Waals surface area contributed by atoms with Crippen LogP contribution < -0.4 is 10.0 Å². The molecule has 0 radical (unpaired) electrons. The zero-order chi connectivity index (χ0) is 12.3. The van der Waals surface area contributed by atoms with Crippen LogP contribution in [0.4, 0.5) is 5.69 Å². The van der Waals surface area contributed by atoms with Gasteiger partial charge in [-0.05, 0) is 43.0 Å². The molecule has 1 aliphatic rings. The molecule has 0 saturated carbocycles. The third kappa shape index (κ3) is 3.71. The molecule has 5 heteroatoms. The number of benzene rings is 1. The molecule has 1 unspecified atom stereocenters. The number of rotatable bonds is 3. The van der Waals surface area contributed by atoms with Crippen LogP contribution in [0.25, 0.3) is 0 Å². The minimum Gasteiger partial charge on any atom is -0.316 e. The summed E-state index contributed by atoms with van der Waals surface area (Å²) in [5.74, 6) is 0.552. The summed E-state index contributed by atoms with van der Waals surface area (Å²) in [5.41, 5.74) is 1.90. The lowest BCUT2D eigenvalue weighted by Crippen LogP contribution is -2.28. The molecular formula is C12H18N2O2S. The van der Waals surface area contributed by atoms with Gasteiger partial charge in [0.05, 0.1) is 6.26 Å². The fourth-order valence-corrected chi connectivity index (χ4v) is 2.74. The Hall–Kier alpha value is -1.07. The van der Waals surface area contributed by atoms with Crippen LogP contribution in [0.1, 0.15) is 24.3 Å². The highest BCUT2D eigenvalue weighted by atomic mass is 32.2. The van der Waals surface area contributed by atoms with Gasteiger partial charge in [-0.1, -0.05) is 12.1 Å². The Morgan fingerprint density at radius 2 is 2.00 bits per heavy atom. The minimum atomic E-state index is -3.18. The van der Waals surface area contributed by atoms with E-state index in [-0.39, 0.29) is 0 Å². The van der Waals surface area contributed by atoms with E-state index in [4.69, 9.17) is 0 Å². The molecule has 1 aromatic carbocycles. The van der Waals surface area contributed by atoms with Crippen LogP contribution >= 0.6 is 0 Å². The number of hydrogen-bond acceptors (Lipinski definition) is 3. The molecule has 17 heavy (non-hydrogen) atoms. The number of piperidine rings is 1. The lowest BCUT2D eigenvalue weighted by atomic mass is 9.92. The maximum absolute atomic E-state index is 11.1. The zero-order valence-electron chi connectivity index (χ0n) is 9.94. The standard InChI is InChI=1S/C12H18N2O2S/c1-17(15,16)14-12-6-4-10(5-7-12)11-3-2-8-13-9-11/h4-7,11,13-14H,2-3,8-9H2,1H3. The molecule has 1 saturated heterocycles. The van der Waals surface area contributed by atoms with E-state index in [0.29, 0.717) is 11.6 Å². The Balaban J connectivity index is 2.07. The second-order valence-electron chi connectivity index (χ2n) is 4.54. The van der Waals surface area contributed by atoms with Crippen molar-refractivity contribution in [3.8, 4) is 0 Å². The SMILES string of the molecule is CS(=O)(=O)Nc1ccc(C2CCCNC2)cc1. The van der Waals surface area contributed by atoms with Gasteiger partial charge in [0.25, 0.3) is 0 Å².